The predicted molar refractivity (Wildman–Crippen MR) is 92.7 cm³/mol. The second kappa shape index (κ2) is 6.74. The van der Waals surface area contributed by atoms with Gasteiger partial charge in [-0.15, -0.1) is 0 Å². The molecule has 0 atom stereocenters. The summed E-state index contributed by atoms with van der Waals surface area (Å²) >= 11 is 0. The lowest BCUT2D eigenvalue weighted by Crippen LogP contribution is -2.37. The summed E-state index contributed by atoms with van der Waals surface area (Å²) in [6.45, 7) is 6.88. The lowest BCUT2D eigenvalue weighted by Gasteiger charge is -2.21. The number of carboxylic acid groups (broad SMARTS) is 1. The van der Waals surface area contributed by atoms with Crippen LogP contribution in [0.5, 0.6) is 5.75 Å². The molecule has 0 aliphatic carbocycles. The van der Waals surface area contributed by atoms with Crippen molar-refractivity contribution in [1.29, 1.82) is 0 Å². The normalized spacial score (nSPS) is 11.0. The van der Waals surface area contributed by atoms with Gasteiger partial charge in [-0.1, -0.05) is 12.1 Å². The summed E-state index contributed by atoms with van der Waals surface area (Å²) in [5.41, 5.74) is 2.04. The molecule has 24 heavy (non-hydrogen) atoms. The minimum Gasteiger partial charge on any atom is -0.478 e. The number of aryl methyl sites for hydroxylation is 1. The number of hydrogen-bond donors (Lipinski definition) is 2. The second-order valence-corrected chi connectivity index (χ2v) is 6.14. The SMILES string of the molecule is Cc1cccc(NC(=O)c2ccc(OC(C)(C)C(=O)O)cc2)c1C. The molecule has 0 aliphatic heterocycles. The van der Waals surface area contributed by atoms with Crippen molar-refractivity contribution in [2.24, 2.45) is 0 Å². The fraction of sp³-hybridized carbons (Fsp3) is 0.263. The van der Waals surface area contributed by atoms with Gasteiger partial charge in [0.2, 0.25) is 0 Å². The first-order chi connectivity index (χ1) is 11.2. The number of aliphatic carboxylic acids is 1. The molecule has 2 N–H and O–H groups in total. The van der Waals surface area contributed by atoms with Gasteiger partial charge >= 0.3 is 5.97 Å². The van der Waals surface area contributed by atoms with Crippen LogP contribution in [-0.4, -0.2) is 22.6 Å². The van der Waals surface area contributed by atoms with E-state index < -0.39 is 11.6 Å². The Balaban J connectivity index is 2.11. The molecule has 2 aromatic rings. The van der Waals surface area contributed by atoms with Gasteiger partial charge in [-0.05, 0) is 69.2 Å². The second-order valence-electron chi connectivity index (χ2n) is 6.14. The molecule has 0 aromatic heterocycles. The zero-order valence-corrected chi connectivity index (χ0v) is 14.2. The fourth-order valence-electron chi connectivity index (χ4n) is 2.09. The Kier molecular flexibility index (Phi) is 4.93. The number of benzene rings is 2. The lowest BCUT2D eigenvalue weighted by molar-refractivity contribution is -0.152. The van der Waals surface area contributed by atoms with Crippen LogP contribution in [0.1, 0.15) is 35.3 Å². The zero-order valence-electron chi connectivity index (χ0n) is 14.2. The quantitative estimate of drug-likeness (QED) is 0.876. The van der Waals surface area contributed by atoms with E-state index in [9.17, 15) is 9.59 Å². The standard InChI is InChI=1S/C19H21NO4/c1-12-6-5-7-16(13(12)2)20-17(21)14-8-10-15(11-9-14)24-19(3,4)18(22)23/h5-11H,1-4H3,(H,20,21)(H,22,23). The number of anilines is 1. The summed E-state index contributed by atoms with van der Waals surface area (Å²) in [6, 6.07) is 12.1. The summed E-state index contributed by atoms with van der Waals surface area (Å²) in [5.74, 6) is -0.891. The van der Waals surface area contributed by atoms with Crippen molar-refractivity contribution in [2.75, 3.05) is 5.32 Å². The van der Waals surface area contributed by atoms with E-state index in [1.807, 2.05) is 32.0 Å². The number of ether oxygens (including phenoxy) is 1. The average Bonchev–Trinajstić information content (AvgIpc) is 2.52. The maximum absolute atomic E-state index is 12.3. The van der Waals surface area contributed by atoms with Crippen LogP contribution >= 0.6 is 0 Å². The molecule has 5 heteroatoms. The summed E-state index contributed by atoms with van der Waals surface area (Å²) in [6.07, 6.45) is 0. The number of carbonyl (C=O) groups excluding carboxylic acids is 1. The minimum absolute atomic E-state index is 0.229. The van der Waals surface area contributed by atoms with Gasteiger partial charge in [-0.25, -0.2) is 4.79 Å². The van der Waals surface area contributed by atoms with Crippen LogP contribution in [0.3, 0.4) is 0 Å². The summed E-state index contributed by atoms with van der Waals surface area (Å²) < 4.78 is 5.42. The Morgan fingerprint density at radius 3 is 2.25 bits per heavy atom. The third-order valence-corrected chi connectivity index (χ3v) is 3.86. The molecule has 0 heterocycles. The Morgan fingerprint density at radius 2 is 1.67 bits per heavy atom. The predicted octanol–water partition coefficient (Wildman–Crippen LogP) is 3.80. The first-order valence-corrected chi connectivity index (χ1v) is 7.61. The smallest absolute Gasteiger partial charge is 0.347 e. The monoisotopic (exact) mass is 327 g/mol. The van der Waals surface area contributed by atoms with Gasteiger partial charge in [0, 0.05) is 11.3 Å². The molecular formula is C19H21NO4. The van der Waals surface area contributed by atoms with E-state index in [-0.39, 0.29) is 5.91 Å². The molecule has 2 aromatic carbocycles. The number of carbonyl (C=O) groups is 2. The molecule has 0 radical (unpaired) electrons. The molecule has 1 amide bonds. The van der Waals surface area contributed by atoms with E-state index in [0.717, 1.165) is 16.8 Å². The molecule has 0 saturated carbocycles. The van der Waals surface area contributed by atoms with E-state index in [2.05, 4.69) is 5.32 Å². The van der Waals surface area contributed by atoms with E-state index in [4.69, 9.17) is 9.84 Å². The zero-order chi connectivity index (χ0) is 17.9. The van der Waals surface area contributed by atoms with E-state index in [1.54, 1.807) is 24.3 Å². The molecule has 0 aliphatic rings. The third-order valence-electron chi connectivity index (χ3n) is 3.86. The lowest BCUT2D eigenvalue weighted by atomic mass is 10.1. The van der Waals surface area contributed by atoms with Crippen molar-refractivity contribution in [2.45, 2.75) is 33.3 Å². The molecule has 5 nitrogen and oxygen atoms in total. The van der Waals surface area contributed by atoms with Gasteiger partial charge in [0.25, 0.3) is 5.91 Å². The van der Waals surface area contributed by atoms with Gasteiger partial charge in [-0.3, -0.25) is 4.79 Å². The number of carboxylic acids is 1. The maximum Gasteiger partial charge on any atom is 0.347 e. The molecule has 0 fully saturated rings. The van der Waals surface area contributed by atoms with Crippen LogP contribution in [0.2, 0.25) is 0 Å². The minimum atomic E-state index is -1.33. The number of nitrogens with one attached hydrogen (secondary N) is 1. The van der Waals surface area contributed by atoms with Crippen LogP contribution in [0.15, 0.2) is 42.5 Å². The van der Waals surface area contributed by atoms with Crippen molar-refractivity contribution in [3.8, 4) is 5.75 Å². The first-order valence-electron chi connectivity index (χ1n) is 7.61. The van der Waals surface area contributed by atoms with Gasteiger partial charge in [-0.2, -0.15) is 0 Å². The molecule has 126 valence electrons. The average molecular weight is 327 g/mol. The van der Waals surface area contributed by atoms with Crippen molar-refractivity contribution in [3.63, 3.8) is 0 Å². The molecule has 0 spiro atoms. The highest BCUT2D eigenvalue weighted by Gasteiger charge is 2.29. The number of hydrogen-bond acceptors (Lipinski definition) is 3. The molecular weight excluding hydrogens is 306 g/mol. The Morgan fingerprint density at radius 1 is 1.04 bits per heavy atom. The summed E-state index contributed by atoms with van der Waals surface area (Å²) in [4.78, 5) is 23.4. The highest BCUT2D eigenvalue weighted by molar-refractivity contribution is 6.04. The number of rotatable bonds is 5. The Bertz CT molecular complexity index is 763. The van der Waals surface area contributed by atoms with E-state index in [1.165, 1.54) is 13.8 Å². The van der Waals surface area contributed by atoms with E-state index in [0.29, 0.717) is 11.3 Å². The number of amides is 1. The molecule has 0 bridgehead atoms. The fourth-order valence-corrected chi connectivity index (χ4v) is 2.09. The van der Waals surface area contributed by atoms with Crippen LogP contribution < -0.4 is 10.1 Å². The van der Waals surface area contributed by atoms with Crippen LogP contribution in [0, 0.1) is 13.8 Å². The summed E-state index contributed by atoms with van der Waals surface area (Å²) in [7, 11) is 0. The largest absolute Gasteiger partial charge is 0.478 e. The van der Waals surface area contributed by atoms with Crippen LogP contribution in [-0.2, 0) is 4.79 Å². The van der Waals surface area contributed by atoms with Gasteiger partial charge in [0.05, 0.1) is 0 Å². The third kappa shape index (κ3) is 3.93. The van der Waals surface area contributed by atoms with E-state index >= 15 is 0 Å². The van der Waals surface area contributed by atoms with Crippen molar-refractivity contribution in [1.82, 2.24) is 0 Å². The molecule has 0 saturated heterocycles. The maximum atomic E-state index is 12.3. The van der Waals surface area contributed by atoms with Crippen LogP contribution in [0.4, 0.5) is 5.69 Å². The highest BCUT2D eigenvalue weighted by Crippen LogP contribution is 2.21. The van der Waals surface area contributed by atoms with Crippen molar-refractivity contribution in [3.05, 3.63) is 59.2 Å². The topological polar surface area (TPSA) is 75.6 Å². The first kappa shape index (κ1) is 17.5. The Hall–Kier alpha value is -2.82. The van der Waals surface area contributed by atoms with Crippen LogP contribution in [0.25, 0.3) is 0 Å². The van der Waals surface area contributed by atoms with Gasteiger partial charge < -0.3 is 15.2 Å². The Labute approximate surface area is 141 Å². The van der Waals surface area contributed by atoms with Gasteiger partial charge in [0.1, 0.15) is 5.75 Å². The highest BCUT2D eigenvalue weighted by atomic mass is 16.5. The molecule has 0 unspecified atom stereocenters. The molecule has 2 rings (SSSR count). The van der Waals surface area contributed by atoms with Crippen molar-refractivity contribution < 1.29 is 19.4 Å². The summed E-state index contributed by atoms with van der Waals surface area (Å²) in [5, 5.41) is 11.9. The van der Waals surface area contributed by atoms with Gasteiger partial charge in [0.15, 0.2) is 5.60 Å². The van der Waals surface area contributed by atoms with Crippen molar-refractivity contribution >= 4 is 17.6 Å².